The van der Waals surface area contributed by atoms with Crippen molar-refractivity contribution in [3.8, 4) is 0 Å². The molecule has 2 aromatic carbocycles. The molecule has 0 radical (unpaired) electrons. The van der Waals surface area contributed by atoms with Crippen molar-refractivity contribution in [1.82, 2.24) is 14.8 Å². The van der Waals surface area contributed by atoms with Crippen LogP contribution in [0.4, 0.5) is 11.4 Å². The van der Waals surface area contributed by atoms with Crippen LogP contribution in [-0.2, 0) is 13.1 Å². The first kappa shape index (κ1) is 19.8. The molecule has 0 aliphatic carbocycles. The Morgan fingerprint density at radius 2 is 1.43 bits per heavy atom. The zero-order valence-electron chi connectivity index (χ0n) is 17.4. The number of halogens is 1. The highest BCUT2D eigenvalue weighted by molar-refractivity contribution is 6.31. The van der Waals surface area contributed by atoms with Gasteiger partial charge in [-0.1, -0.05) is 17.7 Å². The molecule has 0 atom stereocenters. The summed E-state index contributed by atoms with van der Waals surface area (Å²) in [7, 11) is 0. The minimum atomic E-state index is 0.715. The number of nitrogens with zero attached hydrogens (tertiary/aromatic N) is 3. The first-order chi connectivity index (χ1) is 14.7. The van der Waals surface area contributed by atoms with Crippen molar-refractivity contribution in [2.24, 2.45) is 0 Å². The number of fused-ring (bicyclic) bond motifs is 1. The van der Waals surface area contributed by atoms with Crippen LogP contribution in [0.3, 0.4) is 0 Å². The summed E-state index contributed by atoms with van der Waals surface area (Å²) in [6.45, 7) is 6.94. The summed E-state index contributed by atoms with van der Waals surface area (Å²) in [6.07, 6.45) is 7.14. The second-order valence-corrected chi connectivity index (χ2v) is 9.09. The number of likely N-dealkylation sites (tertiary alicyclic amines) is 2. The van der Waals surface area contributed by atoms with E-state index in [0.717, 1.165) is 35.4 Å². The molecule has 0 bridgehead atoms. The maximum Gasteiger partial charge on any atom is 0.0737 e. The maximum atomic E-state index is 6.17. The third-order valence-electron chi connectivity index (χ3n) is 6.25. The van der Waals surface area contributed by atoms with Crippen LogP contribution in [0.1, 0.15) is 36.8 Å². The number of nitrogens with one attached hydrogen (secondary N) is 1. The molecule has 3 aromatic rings. The van der Waals surface area contributed by atoms with E-state index in [0.29, 0.717) is 5.02 Å². The summed E-state index contributed by atoms with van der Waals surface area (Å²) >= 11 is 6.17. The molecule has 4 nitrogen and oxygen atoms in total. The maximum absolute atomic E-state index is 6.17. The SMILES string of the molecule is Clc1ccc2c(Nc3cc(CN4CCCC4)cc(CN4CCCC4)c3)ccnc2c1. The molecule has 2 saturated heterocycles. The normalized spacial score (nSPS) is 17.8. The quantitative estimate of drug-likeness (QED) is 0.544. The number of rotatable bonds is 6. The fourth-order valence-corrected chi connectivity index (χ4v) is 4.97. The third-order valence-corrected chi connectivity index (χ3v) is 6.48. The fraction of sp³-hybridized carbons (Fsp3) is 0.400. The molecule has 0 unspecified atom stereocenters. The molecular weight excluding hydrogens is 392 g/mol. The van der Waals surface area contributed by atoms with Gasteiger partial charge in [-0.2, -0.15) is 0 Å². The molecule has 156 valence electrons. The Kier molecular flexibility index (Phi) is 5.89. The predicted octanol–water partition coefficient (Wildman–Crippen LogP) is 5.82. The molecular formula is C25H29ClN4. The minimum Gasteiger partial charge on any atom is -0.355 e. The van der Waals surface area contributed by atoms with Crippen molar-refractivity contribution in [3.05, 3.63) is 64.8 Å². The average Bonchev–Trinajstić information content (AvgIpc) is 3.42. The summed E-state index contributed by atoms with van der Waals surface area (Å²) in [4.78, 5) is 9.62. The van der Waals surface area contributed by atoms with E-state index in [4.69, 9.17) is 11.6 Å². The number of aromatic nitrogens is 1. The van der Waals surface area contributed by atoms with Gasteiger partial charge in [0.25, 0.3) is 0 Å². The number of hydrogen-bond donors (Lipinski definition) is 1. The molecule has 30 heavy (non-hydrogen) atoms. The highest BCUT2D eigenvalue weighted by Crippen LogP contribution is 2.29. The number of anilines is 2. The van der Waals surface area contributed by atoms with Gasteiger partial charge in [0.05, 0.1) is 5.52 Å². The molecule has 2 fully saturated rings. The van der Waals surface area contributed by atoms with Crippen LogP contribution in [0.15, 0.2) is 48.7 Å². The van der Waals surface area contributed by atoms with Gasteiger partial charge < -0.3 is 5.32 Å². The lowest BCUT2D eigenvalue weighted by atomic mass is 10.1. The molecule has 1 N–H and O–H groups in total. The van der Waals surface area contributed by atoms with Gasteiger partial charge in [0.2, 0.25) is 0 Å². The van der Waals surface area contributed by atoms with E-state index in [1.54, 1.807) is 0 Å². The average molecular weight is 421 g/mol. The lowest BCUT2D eigenvalue weighted by Gasteiger charge is -2.20. The summed E-state index contributed by atoms with van der Waals surface area (Å²) in [5, 5.41) is 5.48. The smallest absolute Gasteiger partial charge is 0.0737 e. The number of hydrogen-bond acceptors (Lipinski definition) is 4. The Morgan fingerprint density at radius 3 is 2.07 bits per heavy atom. The zero-order valence-corrected chi connectivity index (χ0v) is 18.2. The Bertz CT molecular complexity index is 987. The topological polar surface area (TPSA) is 31.4 Å². The van der Waals surface area contributed by atoms with E-state index in [9.17, 15) is 0 Å². The zero-order chi connectivity index (χ0) is 20.3. The molecule has 0 amide bonds. The second-order valence-electron chi connectivity index (χ2n) is 8.65. The highest BCUT2D eigenvalue weighted by Gasteiger charge is 2.15. The first-order valence-electron chi connectivity index (χ1n) is 11.1. The molecule has 2 aliphatic rings. The Balaban J connectivity index is 1.45. The predicted molar refractivity (Wildman–Crippen MR) is 125 cm³/mol. The summed E-state index contributed by atoms with van der Waals surface area (Å²) in [6, 6.07) is 15.0. The largest absolute Gasteiger partial charge is 0.355 e. The van der Waals surface area contributed by atoms with E-state index in [1.165, 1.54) is 63.0 Å². The van der Waals surface area contributed by atoms with Gasteiger partial charge >= 0.3 is 0 Å². The monoisotopic (exact) mass is 420 g/mol. The van der Waals surface area contributed by atoms with Gasteiger partial charge in [0.1, 0.15) is 0 Å². The molecule has 5 heteroatoms. The van der Waals surface area contributed by atoms with E-state index in [2.05, 4.69) is 38.3 Å². The number of pyridine rings is 1. The van der Waals surface area contributed by atoms with Gasteiger partial charge in [0.15, 0.2) is 0 Å². The lowest BCUT2D eigenvalue weighted by Crippen LogP contribution is -2.20. The van der Waals surface area contributed by atoms with Crippen LogP contribution >= 0.6 is 11.6 Å². The highest BCUT2D eigenvalue weighted by atomic mass is 35.5. The first-order valence-corrected chi connectivity index (χ1v) is 11.5. The van der Waals surface area contributed by atoms with Crippen LogP contribution in [0.25, 0.3) is 10.9 Å². The van der Waals surface area contributed by atoms with Crippen LogP contribution in [0.5, 0.6) is 0 Å². The van der Waals surface area contributed by atoms with E-state index >= 15 is 0 Å². The van der Waals surface area contributed by atoms with Gasteiger partial charge in [-0.15, -0.1) is 0 Å². The summed E-state index contributed by atoms with van der Waals surface area (Å²) < 4.78 is 0. The molecule has 1 aromatic heterocycles. The third kappa shape index (κ3) is 4.61. The lowest BCUT2D eigenvalue weighted by molar-refractivity contribution is 0.326. The van der Waals surface area contributed by atoms with Crippen LogP contribution < -0.4 is 5.32 Å². The van der Waals surface area contributed by atoms with Gasteiger partial charge in [-0.05, 0) is 99.4 Å². The van der Waals surface area contributed by atoms with Crippen LogP contribution in [0, 0.1) is 0 Å². The van der Waals surface area contributed by atoms with Gasteiger partial charge in [-0.25, -0.2) is 0 Å². The van der Waals surface area contributed by atoms with Crippen LogP contribution in [-0.4, -0.2) is 41.0 Å². The standard InChI is InChI=1S/C25H29ClN4/c26-21-5-6-23-24(7-8-27-25(23)16-21)28-22-14-19(17-29-9-1-2-10-29)13-20(15-22)18-30-11-3-4-12-30/h5-8,13-16H,1-4,9-12,17-18H2,(H,27,28). The Labute approximate surface area is 183 Å². The second kappa shape index (κ2) is 8.93. The summed E-state index contributed by atoms with van der Waals surface area (Å²) in [5.74, 6) is 0. The van der Waals surface area contributed by atoms with Crippen LogP contribution in [0.2, 0.25) is 5.02 Å². The van der Waals surface area contributed by atoms with Gasteiger partial charge in [-0.3, -0.25) is 14.8 Å². The molecule has 3 heterocycles. The molecule has 0 spiro atoms. The Hall–Kier alpha value is -2.14. The fourth-order valence-electron chi connectivity index (χ4n) is 4.80. The molecule has 0 saturated carbocycles. The minimum absolute atomic E-state index is 0.715. The van der Waals surface area contributed by atoms with E-state index in [1.807, 2.05) is 30.5 Å². The Morgan fingerprint density at radius 1 is 0.800 bits per heavy atom. The van der Waals surface area contributed by atoms with E-state index < -0.39 is 0 Å². The van der Waals surface area contributed by atoms with Gasteiger partial charge in [0, 0.05) is 41.1 Å². The van der Waals surface area contributed by atoms with Crippen molar-refractivity contribution in [1.29, 1.82) is 0 Å². The van der Waals surface area contributed by atoms with Crippen molar-refractivity contribution in [2.75, 3.05) is 31.5 Å². The van der Waals surface area contributed by atoms with E-state index in [-0.39, 0.29) is 0 Å². The molecule has 2 aliphatic heterocycles. The van der Waals surface area contributed by atoms with Crippen molar-refractivity contribution in [2.45, 2.75) is 38.8 Å². The van der Waals surface area contributed by atoms with Crippen molar-refractivity contribution in [3.63, 3.8) is 0 Å². The van der Waals surface area contributed by atoms with Crippen molar-refractivity contribution >= 4 is 33.9 Å². The number of benzene rings is 2. The summed E-state index contributed by atoms with van der Waals surface area (Å²) in [5.41, 5.74) is 5.94. The van der Waals surface area contributed by atoms with Crippen molar-refractivity contribution < 1.29 is 0 Å². The molecule has 5 rings (SSSR count).